The Balaban J connectivity index is 1.86. The molecule has 2 aromatic carbocycles. The van der Waals surface area contributed by atoms with Crippen molar-refractivity contribution < 1.29 is 14.7 Å². The first-order valence-electron chi connectivity index (χ1n) is 8.49. The number of amides is 1. The van der Waals surface area contributed by atoms with Crippen LogP contribution in [0.2, 0.25) is 0 Å². The van der Waals surface area contributed by atoms with Crippen LogP contribution in [0.5, 0.6) is 0 Å². The third-order valence-corrected chi connectivity index (χ3v) is 4.80. The maximum Gasteiger partial charge on any atom is 0.337 e. The van der Waals surface area contributed by atoms with Crippen LogP contribution in [-0.4, -0.2) is 27.8 Å². The first kappa shape index (κ1) is 19.6. The molecule has 3 rings (SSSR count). The molecule has 0 fully saturated rings. The molecule has 1 aromatic heterocycles. The van der Waals surface area contributed by atoms with Gasteiger partial charge in [0.15, 0.2) is 0 Å². The van der Waals surface area contributed by atoms with E-state index in [2.05, 4.69) is 26.5 Å². The highest BCUT2D eigenvalue weighted by Crippen LogP contribution is 2.23. The number of carbonyl (C=O) groups excluding carboxylic acids is 1. The van der Waals surface area contributed by atoms with Crippen LogP contribution in [0.4, 0.5) is 0 Å². The molecule has 2 N–H and O–H groups in total. The number of carboxylic acid groups (broad SMARTS) is 1. The second-order valence-electron chi connectivity index (χ2n) is 6.19. The van der Waals surface area contributed by atoms with Gasteiger partial charge in [0.2, 0.25) is 0 Å². The SMILES string of the molecule is Cc1cc(/C=N\NC(=O)c2cccc(Br)c2)c(C)n1-c1ccccc1C(=O)O. The highest BCUT2D eigenvalue weighted by molar-refractivity contribution is 9.10. The van der Waals surface area contributed by atoms with Crippen molar-refractivity contribution in [1.82, 2.24) is 9.99 Å². The largest absolute Gasteiger partial charge is 0.478 e. The summed E-state index contributed by atoms with van der Waals surface area (Å²) >= 11 is 3.33. The number of aromatic nitrogens is 1. The molecule has 142 valence electrons. The number of para-hydroxylation sites is 1. The van der Waals surface area contributed by atoms with Crippen molar-refractivity contribution in [1.29, 1.82) is 0 Å². The van der Waals surface area contributed by atoms with Crippen LogP contribution in [0.3, 0.4) is 0 Å². The topological polar surface area (TPSA) is 83.7 Å². The molecular formula is C21H18BrN3O3. The average molecular weight is 440 g/mol. The number of hydrazone groups is 1. The average Bonchev–Trinajstić information content (AvgIpc) is 2.95. The molecule has 0 unspecified atom stereocenters. The number of nitrogens with zero attached hydrogens (tertiary/aromatic N) is 2. The van der Waals surface area contributed by atoms with Crippen molar-refractivity contribution in [2.45, 2.75) is 13.8 Å². The monoisotopic (exact) mass is 439 g/mol. The van der Waals surface area contributed by atoms with Gasteiger partial charge >= 0.3 is 5.97 Å². The Morgan fingerprint density at radius 1 is 1.11 bits per heavy atom. The minimum atomic E-state index is -0.986. The van der Waals surface area contributed by atoms with Gasteiger partial charge in [-0.3, -0.25) is 4.79 Å². The zero-order valence-electron chi connectivity index (χ0n) is 15.3. The van der Waals surface area contributed by atoms with E-state index in [0.717, 1.165) is 21.4 Å². The Bertz CT molecular complexity index is 1090. The first-order chi connectivity index (χ1) is 13.4. The minimum Gasteiger partial charge on any atom is -0.478 e. The molecule has 6 nitrogen and oxygen atoms in total. The number of carbonyl (C=O) groups is 2. The quantitative estimate of drug-likeness (QED) is 0.458. The van der Waals surface area contributed by atoms with E-state index in [9.17, 15) is 14.7 Å². The second kappa shape index (κ2) is 8.22. The third kappa shape index (κ3) is 4.04. The van der Waals surface area contributed by atoms with E-state index in [4.69, 9.17) is 0 Å². The summed E-state index contributed by atoms with van der Waals surface area (Å²) in [5.74, 6) is -1.30. The van der Waals surface area contributed by atoms with E-state index in [-0.39, 0.29) is 11.5 Å². The van der Waals surface area contributed by atoms with Crippen LogP contribution >= 0.6 is 15.9 Å². The summed E-state index contributed by atoms with van der Waals surface area (Å²) in [4.78, 5) is 23.7. The van der Waals surface area contributed by atoms with Crippen molar-refractivity contribution >= 4 is 34.0 Å². The van der Waals surface area contributed by atoms with Crippen molar-refractivity contribution in [3.8, 4) is 5.69 Å². The first-order valence-corrected chi connectivity index (χ1v) is 9.28. The Hall–Kier alpha value is -3.19. The molecule has 0 saturated heterocycles. The number of halogens is 1. The van der Waals surface area contributed by atoms with Gasteiger partial charge in [0, 0.05) is 27.0 Å². The van der Waals surface area contributed by atoms with E-state index in [0.29, 0.717) is 11.3 Å². The number of carboxylic acids is 1. The van der Waals surface area contributed by atoms with E-state index >= 15 is 0 Å². The molecule has 28 heavy (non-hydrogen) atoms. The standard InChI is InChI=1S/C21H18BrN3O3/c1-13-10-16(12-23-24-20(26)15-6-5-7-17(22)11-15)14(2)25(13)19-9-4-3-8-18(19)21(27)28/h3-12H,1-2H3,(H,24,26)(H,27,28)/b23-12-. The summed E-state index contributed by atoms with van der Waals surface area (Å²) in [7, 11) is 0. The van der Waals surface area contributed by atoms with Crippen molar-refractivity contribution in [2.75, 3.05) is 0 Å². The van der Waals surface area contributed by atoms with E-state index in [1.807, 2.05) is 30.5 Å². The maximum absolute atomic E-state index is 12.2. The van der Waals surface area contributed by atoms with E-state index in [1.54, 1.807) is 48.7 Å². The lowest BCUT2D eigenvalue weighted by atomic mass is 10.1. The Morgan fingerprint density at radius 3 is 2.57 bits per heavy atom. The summed E-state index contributed by atoms with van der Waals surface area (Å²) in [5, 5.41) is 13.5. The van der Waals surface area contributed by atoms with Gasteiger partial charge in [0.05, 0.1) is 17.5 Å². The van der Waals surface area contributed by atoms with Crippen LogP contribution in [-0.2, 0) is 0 Å². The fourth-order valence-electron chi connectivity index (χ4n) is 2.99. The molecule has 0 bridgehead atoms. The lowest BCUT2D eigenvalue weighted by Crippen LogP contribution is -2.17. The molecule has 0 aliphatic rings. The van der Waals surface area contributed by atoms with E-state index in [1.165, 1.54) is 0 Å². The van der Waals surface area contributed by atoms with Crippen LogP contribution in [0, 0.1) is 13.8 Å². The van der Waals surface area contributed by atoms with Gasteiger partial charge < -0.3 is 9.67 Å². The fraction of sp³-hybridized carbons (Fsp3) is 0.0952. The highest BCUT2D eigenvalue weighted by atomic mass is 79.9. The molecule has 1 amide bonds. The zero-order valence-corrected chi connectivity index (χ0v) is 16.9. The number of hydrogen-bond acceptors (Lipinski definition) is 3. The fourth-order valence-corrected chi connectivity index (χ4v) is 3.39. The van der Waals surface area contributed by atoms with Crippen molar-refractivity contribution in [2.24, 2.45) is 5.10 Å². The van der Waals surface area contributed by atoms with Crippen LogP contribution in [0.15, 0.2) is 64.2 Å². The molecule has 0 radical (unpaired) electrons. The Labute approximate surface area is 170 Å². The minimum absolute atomic E-state index is 0.218. The predicted octanol–water partition coefficient (Wildman–Crippen LogP) is 4.32. The summed E-state index contributed by atoms with van der Waals surface area (Å²) < 4.78 is 2.67. The third-order valence-electron chi connectivity index (χ3n) is 4.30. The predicted molar refractivity (Wildman–Crippen MR) is 111 cm³/mol. The van der Waals surface area contributed by atoms with Gasteiger partial charge in [0.1, 0.15) is 0 Å². The van der Waals surface area contributed by atoms with Crippen LogP contribution < -0.4 is 5.43 Å². The molecule has 0 atom stereocenters. The van der Waals surface area contributed by atoms with E-state index < -0.39 is 5.97 Å². The van der Waals surface area contributed by atoms with Crippen LogP contribution in [0.1, 0.15) is 37.7 Å². The Morgan fingerprint density at radius 2 is 1.86 bits per heavy atom. The van der Waals surface area contributed by atoms with Gasteiger partial charge in [-0.25, -0.2) is 10.2 Å². The second-order valence-corrected chi connectivity index (χ2v) is 7.11. The number of aryl methyl sites for hydroxylation is 1. The number of nitrogens with one attached hydrogen (secondary N) is 1. The highest BCUT2D eigenvalue weighted by Gasteiger charge is 2.16. The van der Waals surface area contributed by atoms with Gasteiger partial charge in [-0.1, -0.05) is 34.1 Å². The number of aromatic carboxylic acids is 1. The van der Waals surface area contributed by atoms with Gasteiger partial charge in [0.25, 0.3) is 5.91 Å². The molecular weight excluding hydrogens is 422 g/mol. The molecule has 7 heteroatoms. The lowest BCUT2D eigenvalue weighted by Gasteiger charge is -2.12. The summed E-state index contributed by atoms with van der Waals surface area (Å²) in [5.41, 5.74) is 6.28. The molecule has 0 spiro atoms. The summed E-state index contributed by atoms with van der Waals surface area (Å²) in [6, 6.07) is 15.7. The summed E-state index contributed by atoms with van der Waals surface area (Å²) in [6.45, 7) is 3.77. The lowest BCUT2D eigenvalue weighted by molar-refractivity contribution is 0.0696. The van der Waals surface area contributed by atoms with Gasteiger partial charge in [-0.05, 0) is 50.2 Å². The van der Waals surface area contributed by atoms with Gasteiger partial charge in [-0.2, -0.15) is 5.10 Å². The van der Waals surface area contributed by atoms with Crippen molar-refractivity contribution in [3.63, 3.8) is 0 Å². The normalized spacial score (nSPS) is 11.0. The summed E-state index contributed by atoms with van der Waals surface area (Å²) in [6.07, 6.45) is 1.55. The zero-order chi connectivity index (χ0) is 20.3. The number of hydrogen-bond donors (Lipinski definition) is 2. The Kier molecular flexibility index (Phi) is 5.75. The molecule has 0 saturated carbocycles. The molecule has 0 aliphatic heterocycles. The van der Waals surface area contributed by atoms with Crippen molar-refractivity contribution in [3.05, 3.63) is 87.1 Å². The smallest absolute Gasteiger partial charge is 0.337 e. The molecule has 3 aromatic rings. The number of rotatable bonds is 5. The molecule has 0 aliphatic carbocycles. The van der Waals surface area contributed by atoms with Gasteiger partial charge in [-0.15, -0.1) is 0 Å². The number of benzene rings is 2. The maximum atomic E-state index is 12.2. The molecule has 1 heterocycles. The van der Waals surface area contributed by atoms with Crippen LogP contribution in [0.25, 0.3) is 5.69 Å².